The molecule has 216 valence electrons. The van der Waals surface area contributed by atoms with Gasteiger partial charge in [0.2, 0.25) is 0 Å². The van der Waals surface area contributed by atoms with Crippen LogP contribution in [0.4, 0.5) is 8.78 Å². The lowest BCUT2D eigenvalue weighted by molar-refractivity contribution is 0.0732. The number of allylic oxidation sites excluding steroid dienone is 1. The summed E-state index contributed by atoms with van der Waals surface area (Å²) in [6, 6.07) is 7.58. The van der Waals surface area contributed by atoms with Gasteiger partial charge in [-0.25, -0.2) is 26.9 Å². The second-order valence-electron chi connectivity index (χ2n) is 11.2. The number of rotatable bonds is 7. The Hall–Kier alpha value is -4.10. The second-order valence-corrected chi connectivity index (χ2v) is 13.0. The second kappa shape index (κ2) is 9.73. The van der Waals surface area contributed by atoms with E-state index in [0.717, 1.165) is 22.9 Å². The van der Waals surface area contributed by atoms with E-state index in [1.165, 1.54) is 39.7 Å². The van der Waals surface area contributed by atoms with Crippen LogP contribution in [0.15, 0.2) is 65.8 Å². The highest BCUT2D eigenvalue weighted by Crippen LogP contribution is 2.52. The van der Waals surface area contributed by atoms with Gasteiger partial charge in [0.05, 0.1) is 23.0 Å². The first-order valence-corrected chi connectivity index (χ1v) is 15.2. The first-order valence-electron chi connectivity index (χ1n) is 13.8. The van der Waals surface area contributed by atoms with Crippen LogP contribution in [-0.4, -0.2) is 60.1 Å². The van der Waals surface area contributed by atoms with Gasteiger partial charge in [0.25, 0.3) is 15.2 Å². The molecule has 3 heterocycles. The zero-order chi connectivity index (χ0) is 29.2. The van der Waals surface area contributed by atoms with Gasteiger partial charge in [-0.1, -0.05) is 5.57 Å². The predicted molar refractivity (Wildman–Crippen MR) is 147 cm³/mol. The fourth-order valence-electron chi connectivity index (χ4n) is 6.41. The number of ketones is 1. The molecule has 10 nitrogen and oxygen atoms in total. The lowest BCUT2D eigenvalue weighted by atomic mass is 9.60. The monoisotopic (exact) mass is 591 g/mol. The van der Waals surface area contributed by atoms with Gasteiger partial charge in [-0.05, 0) is 80.5 Å². The maximum Gasteiger partial charge on any atom is 0.282 e. The molecule has 2 fully saturated rings. The number of carbonyl (C=O) groups excluding carboxylic acids is 1. The molecule has 2 atom stereocenters. The molecule has 4 aromatic rings. The third-order valence-corrected chi connectivity index (χ3v) is 10.2. The molecule has 0 bridgehead atoms. The molecule has 3 aliphatic carbocycles. The van der Waals surface area contributed by atoms with Crippen LogP contribution in [0.1, 0.15) is 53.8 Å². The van der Waals surface area contributed by atoms with Crippen LogP contribution in [-0.2, 0) is 23.5 Å². The summed E-state index contributed by atoms with van der Waals surface area (Å²) in [5.41, 5.74) is 1.87. The summed E-state index contributed by atoms with van der Waals surface area (Å²) >= 11 is 0. The Morgan fingerprint density at radius 1 is 1.05 bits per heavy atom. The summed E-state index contributed by atoms with van der Waals surface area (Å²) in [5.74, 6) is -1.30. The number of Topliss-reactive ketones (excluding diaryl/α,β-unsaturated/α-hetero) is 1. The van der Waals surface area contributed by atoms with Gasteiger partial charge >= 0.3 is 0 Å². The van der Waals surface area contributed by atoms with Crippen molar-refractivity contribution in [3.8, 4) is 5.69 Å². The minimum Gasteiger partial charge on any atom is -0.291 e. The van der Waals surface area contributed by atoms with E-state index in [0.29, 0.717) is 31.4 Å². The maximum absolute atomic E-state index is 14.4. The van der Waals surface area contributed by atoms with Crippen LogP contribution in [0.2, 0.25) is 0 Å². The number of aromatic nitrogens is 6. The highest BCUT2D eigenvalue weighted by Gasteiger charge is 2.54. The standard InChI is InChI=1S/C29H27F2N7O3S/c1-36-17-33-28(35-36)42(40,41)38(23-8-9-23)24-5-2-19-12-26-18(16-34-37(26)22-6-3-20(30)4-7-22)14-29(19,15-24)27(39)25-13-21(31)10-11-32-25/h3-4,6-7,10-13,16-17,23-24H,2,5,8-9,14-15H2,1H3/t24-,29-/m0/s1. The Kier molecular flexibility index (Phi) is 6.21. The SMILES string of the molecule is Cn1cnc(S(=O)(=O)N(C2CC2)[C@H]2CCC3=Cc4c(cnn4-c4ccc(F)cc4)C[C@]3(C(=O)c3cc(F)ccn3)C2)n1. The molecular formula is C29H27F2N7O3S. The molecule has 0 unspecified atom stereocenters. The molecule has 0 radical (unpaired) electrons. The first kappa shape index (κ1) is 26.8. The van der Waals surface area contributed by atoms with E-state index in [9.17, 15) is 22.0 Å². The summed E-state index contributed by atoms with van der Waals surface area (Å²) in [5, 5.41) is 8.35. The molecule has 2 saturated carbocycles. The van der Waals surface area contributed by atoms with Crippen molar-refractivity contribution in [1.82, 2.24) is 33.8 Å². The van der Waals surface area contributed by atoms with E-state index in [1.807, 2.05) is 6.08 Å². The summed E-state index contributed by atoms with van der Waals surface area (Å²) in [7, 11) is -2.43. The molecule has 0 spiro atoms. The van der Waals surface area contributed by atoms with Crippen LogP contribution in [0.25, 0.3) is 11.8 Å². The topological polar surface area (TPSA) is 116 Å². The summed E-state index contributed by atoms with van der Waals surface area (Å²) in [4.78, 5) is 22.6. The molecule has 1 aromatic carbocycles. The van der Waals surface area contributed by atoms with Gasteiger partial charge in [0, 0.05) is 31.4 Å². The Bertz CT molecular complexity index is 1850. The molecule has 0 amide bonds. The van der Waals surface area contributed by atoms with Gasteiger partial charge in [0.1, 0.15) is 23.7 Å². The van der Waals surface area contributed by atoms with E-state index < -0.39 is 27.3 Å². The van der Waals surface area contributed by atoms with Crippen molar-refractivity contribution in [2.45, 2.75) is 55.8 Å². The fraction of sp³-hybridized carbons (Fsp3) is 0.345. The van der Waals surface area contributed by atoms with Crippen molar-refractivity contribution in [3.05, 3.63) is 89.3 Å². The number of pyridine rings is 1. The Balaban J connectivity index is 1.32. The van der Waals surface area contributed by atoms with Crippen LogP contribution in [0, 0.1) is 17.0 Å². The Labute approximate surface area is 240 Å². The van der Waals surface area contributed by atoms with Gasteiger partial charge in [-0.2, -0.15) is 9.40 Å². The van der Waals surface area contributed by atoms with Gasteiger partial charge in [-0.3, -0.25) is 14.5 Å². The van der Waals surface area contributed by atoms with Crippen LogP contribution in [0.3, 0.4) is 0 Å². The van der Waals surface area contributed by atoms with Gasteiger partial charge in [0.15, 0.2) is 5.78 Å². The Morgan fingerprint density at radius 3 is 2.52 bits per heavy atom. The third-order valence-electron chi connectivity index (χ3n) is 8.45. The van der Waals surface area contributed by atoms with Crippen molar-refractivity contribution in [2.75, 3.05) is 0 Å². The van der Waals surface area contributed by atoms with Crippen LogP contribution in [0.5, 0.6) is 0 Å². The number of hydrogen-bond acceptors (Lipinski definition) is 7. The number of aryl methyl sites for hydroxylation is 1. The van der Waals surface area contributed by atoms with Crippen molar-refractivity contribution in [3.63, 3.8) is 0 Å². The lowest BCUT2D eigenvalue weighted by Gasteiger charge is -2.46. The largest absolute Gasteiger partial charge is 0.291 e. The predicted octanol–water partition coefficient (Wildman–Crippen LogP) is 3.89. The fourth-order valence-corrected chi connectivity index (χ4v) is 8.19. The number of halogens is 2. The zero-order valence-electron chi connectivity index (χ0n) is 22.7. The number of hydrogen-bond donors (Lipinski definition) is 0. The smallest absolute Gasteiger partial charge is 0.282 e. The number of benzene rings is 1. The molecule has 0 aliphatic heterocycles. The minimum absolute atomic E-state index is 0.0110. The number of carbonyl (C=O) groups is 1. The molecule has 0 saturated heterocycles. The zero-order valence-corrected chi connectivity index (χ0v) is 23.5. The normalized spacial score (nSPS) is 22.0. The highest BCUT2D eigenvalue weighted by molar-refractivity contribution is 7.89. The average Bonchev–Trinajstić information content (AvgIpc) is 3.55. The van der Waals surface area contributed by atoms with E-state index in [4.69, 9.17) is 0 Å². The quantitative estimate of drug-likeness (QED) is 0.300. The molecular weight excluding hydrogens is 564 g/mol. The van der Waals surface area contributed by atoms with E-state index in [1.54, 1.807) is 30.1 Å². The molecule has 13 heteroatoms. The van der Waals surface area contributed by atoms with E-state index in [2.05, 4.69) is 20.2 Å². The minimum atomic E-state index is -4.04. The summed E-state index contributed by atoms with van der Waals surface area (Å²) in [6.45, 7) is 0. The number of sulfonamides is 1. The number of fused-ring (bicyclic) bond motifs is 2. The lowest BCUT2D eigenvalue weighted by Crippen LogP contribution is -2.51. The van der Waals surface area contributed by atoms with E-state index in [-0.39, 0.29) is 41.3 Å². The highest BCUT2D eigenvalue weighted by atomic mass is 32.2. The average molecular weight is 592 g/mol. The number of nitrogens with zero attached hydrogens (tertiary/aromatic N) is 7. The van der Waals surface area contributed by atoms with Crippen LogP contribution < -0.4 is 0 Å². The van der Waals surface area contributed by atoms with Crippen molar-refractivity contribution >= 4 is 21.9 Å². The van der Waals surface area contributed by atoms with Crippen molar-refractivity contribution < 1.29 is 22.0 Å². The first-order chi connectivity index (χ1) is 20.2. The van der Waals surface area contributed by atoms with E-state index >= 15 is 0 Å². The third kappa shape index (κ3) is 4.38. The summed E-state index contributed by atoms with van der Waals surface area (Å²) in [6.07, 6.45) is 9.00. The van der Waals surface area contributed by atoms with Gasteiger partial charge < -0.3 is 0 Å². The molecule has 3 aliphatic rings. The molecule has 3 aromatic heterocycles. The molecule has 42 heavy (non-hydrogen) atoms. The van der Waals surface area contributed by atoms with Crippen molar-refractivity contribution in [2.24, 2.45) is 12.5 Å². The maximum atomic E-state index is 14.4. The molecule has 0 N–H and O–H groups in total. The summed E-state index contributed by atoms with van der Waals surface area (Å²) < 4.78 is 60.1. The Morgan fingerprint density at radius 2 is 1.83 bits per heavy atom. The molecule has 7 rings (SSSR count). The van der Waals surface area contributed by atoms with Crippen molar-refractivity contribution in [1.29, 1.82) is 0 Å². The van der Waals surface area contributed by atoms with Crippen LogP contribution >= 0.6 is 0 Å². The van der Waals surface area contributed by atoms with Gasteiger partial charge in [-0.15, -0.1) is 5.10 Å².